The zero-order valence-corrected chi connectivity index (χ0v) is 20.8. The molecule has 2 aromatic carbocycles. The van der Waals surface area contributed by atoms with E-state index in [2.05, 4.69) is 21.5 Å². The molecule has 0 bridgehead atoms. The highest BCUT2D eigenvalue weighted by Gasteiger charge is 2.44. The van der Waals surface area contributed by atoms with Crippen molar-refractivity contribution < 1.29 is 29.9 Å². The number of aromatic nitrogens is 2. The smallest absolute Gasteiger partial charge is 0.229 e. The highest BCUT2D eigenvalue weighted by Crippen LogP contribution is 2.35. The Morgan fingerprint density at radius 3 is 2.51 bits per heavy atom. The molecule has 39 heavy (non-hydrogen) atoms. The number of nitrogens with zero attached hydrogens (tertiary/aromatic N) is 5. The van der Waals surface area contributed by atoms with Crippen LogP contribution in [0.2, 0.25) is 0 Å². The molecule has 0 amide bonds. The summed E-state index contributed by atoms with van der Waals surface area (Å²) in [6.07, 6.45) is -4.02. The average Bonchev–Trinajstić information content (AvgIpc) is 3.30. The van der Waals surface area contributed by atoms with E-state index in [1.807, 2.05) is 24.0 Å². The van der Waals surface area contributed by atoms with Gasteiger partial charge in [-0.2, -0.15) is 10.4 Å². The number of benzene rings is 2. The zero-order chi connectivity index (χ0) is 27.7. The largest absolute Gasteiger partial charge is 0.462 e. The van der Waals surface area contributed by atoms with Crippen LogP contribution in [0.3, 0.4) is 0 Å². The minimum absolute atomic E-state index is 0.113. The number of aliphatic hydroxyl groups is 4. The standard InChI is InChI=1S/C26H27N7O6/c1-14-31-20-24(28)32(13-29-25(20)33(14)17-6-2-15(10-27)3-7-17)30-11-16-4-8-18(9-5-16)38-26-23(37)22(36)21(35)19(12-34)39-26/h2-9,11,13-14,19,21-23,26,28,31,34-37H,12H2,1H3/b28-24?,30-11-. The quantitative estimate of drug-likeness (QED) is 0.239. The zero-order valence-electron chi connectivity index (χ0n) is 20.8. The van der Waals surface area contributed by atoms with Crippen LogP contribution in [0.15, 0.2) is 60.0 Å². The summed E-state index contributed by atoms with van der Waals surface area (Å²) in [5.74, 6) is 0.906. The van der Waals surface area contributed by atoms with Gasteiger partial charge in [-0.3, -0.25) is 5.41 Å². The molecule has 2 aliphatic rings. The highest BCUT2D eigenvalue weighted by atomic mass is 16.7. The van der Waals surface area contributed by atoms with Crippen molar-refractivity contribution in [1.29, 1.82) is 10.7 Å². The maximum absolute atomic E-state index is 10.1. The van der Waals surface area contributed by atoms with E-state index in [0.29, 0.717) is 28.4 Å². The highest BCUT2D eigenvalue weighted by molar-refractivity contribution is 5.80. The van der Waals surface area contributed by atoms with Crippen LogP contribution >= 0.6 is 0 Å². The van der Waals surface area contributed by atoms with E-state index in [4.69, 9.17) is 20.1 Å². The van der Waals surface area contributed by atoms with Gasteiger partial charge in [-0.05, 0) is 61.0 Å². The van der Waals surface area contributed by atoms with Crippen LogP contribution in [0.4, 0.5) is 17.2 Å². The molecule has 6 N–H and O–H groups in total. The Morgan fingerprint density at radius 2 is 1.85 bits per heavy atom. The lowest BCUT2D eigenvalue weighted by molar-refractivity contribution is -0.277. The SMILES string of the molecule is CC1Nc2c(ncn(/N=C\c3ccc(OC4OC(CO)C(O)C(O)C4O)cc3)c2=N)N1c1ccc(C#N)cc1. The number of fused-ring (bicyclic) bond motifs is 1. The summed E-state index contributed by atoms with van der Waals surface area (Å²) in [4.78, 5) is 6.45. The monoisotopic (exact) mass is 533 g/mol. The van der Waals surface area contributed by atoms with Crippen molar-refractivity contribution in [3.63, 3.8) is 0 Å². The first-order chi connectivity index (χ1) is 18.8. The topological polar surface area (TPSA) is 192 Å². The van der Waals surface area contributed by atoms with Gasteiger partial charge in [-0.1, -0.05) is 0 Å². The average molecular weight is 534 g/mol. The Bertz CT molecular complexity index is 1450. The second-order valence-corrected chi connectivity index (χ2v) is 9.11. The third-order valence-electron chi connectivity index (χ3n) is 6.53. The predicted molar refractivity (Wildman–Crippen MR) is 138 cm³/mol. The van der Waals surface area contributed by atoms with Gasteiger partial charge in [0.1, 0.15) is 48.3 Å². The van der Waals surface area contributed by atoms with Crippen molar-refractivity contribution in [3.8, 4) is 11.8 Å². The number of ether oxygens (including phenoxy) is 2. The van der Waals surface area contributed by atoms with Crippen LogP contribution in [0.1, 0.15) is 18.1 Å². The molecule has 1 aromatic heterocycles. The van der Waals surface area contributed by atoms with Gasteiger partial charge in [0.25, 0.3) is 0 Å². The fourth-order valence-corrected chi connectivity index (χ4v) is 4.41. The Kier molecular flexibility index (Phi) is 7.29. The van der Waals surface area contributed by atoms with Crippen molar-refractivity contribution in [1.82, 2.24) is 9.66 Å². The summed E-state index contributed by atoms with van der Waals surface area (Å²) < 4.78 is 12.3. The van der Waals surface area contributed by atoms with Crippen LogP contribution in [-0.2, 0) is 4.74 Å². The van der Waals surface area contributed by atoms with Crippen molar-refractivity contribution in [3.05, 3.63) is 71.5 Å². The van der Waals surface area contributed by atoms with Crippen LogP contribution < -0.4 is 20.4 Å². The summed E-state index contributed by atoms with van der Waals surface area (Å²) >= 11 is 0. The van der Waals surface area contributed by atoms with Crippen LogP contribution in [0, 0.1) is 16.7 Å². The molecule has 2 aliphatic heterocycles. The Labute approximate surface area is 222 Å². The molecule has 3 heterocycles. The third-order valence-corrected chi connectivity index (χ3v) is 6.53. The van der Waals surface area contributed by atoms with Crippen molar-refractivity contribution in [2.45, 2.75) is 43.8 Å². The van der Waals surface area contributed by atoms with E-state index in [9.17, 15) is 20.4 Å². The molecule has 1 saturated heterocycles. The van der Waals surface area contributed by atoms with Crippen molar-refractivity contribution in [2.75, 3.05) is 16.8 Å². The molecule has 202 valence electrons. The van der Waals surface area contributed by atoms with Gasteiger partial charge in [0.2, 0.25) is 6.29 Å². The summed E-state index contributed by atoms with van der Waals surface area (Å²) in [6.45, 7) is 1.40. The number of hydrogen-bond donors (Lipinski definition) is 6. The molecule has 0 saturated carbocycles. The van der Waals surface area contributed by atoms with E-state index < -0.39 is 37.3 Å². The van der Waals surface area contributed by atoms with E-state index in [1.165, 1.54) is 11.0 Å². The molecule has 6 atom stereocenters. The maximum atomic E-state index is 10.1. The molecule has 0 aliphatic carbocycles. The summed E-state index contributed by atoms with van der Waals surface area (Å²) in [5.41, 5.74) is 2.72. The van der Waals surface area contributed by atoms with Gasteiger partial charge in [-0.25, -0.2) is 9.66 Å². The van der Waals surface area contributed by atoms with Gasteiger partial charge in [0.05, 0.1) is 24.5 Å². The van der Waals surface area contributed by atoms with Gasteiger partial charge < -0.3 is 40.1 Å². The van der Waals surface area contributed by atoms with Crippen LogP contribution in [0.5, 0.6) is 5.75 Å². The number of nitriles is 1. The van der Waals surface area contributed by atoms with Crippen LogP contribution in [0.25, 0.3) is 0 Å². The Balaban J connectivity index is 1.29. The Hall–Kier alpha value is -4.32. The lowest BCUT2D eigenvalue weighted by atomic mass is 9.99. The molecule has 0 spiro atoms. The second-order valence-electron chi connectivity index (χ2n) is 9.11. The molecule has 13 heteroatoms. The van der Waals surface area contributed by atoms with Gasteiger partial charge in [0.15, 0.2) is 11.3 Å². The van der Waals surface area contributed by atoms with E-state index in [0.717, 1.165) is 5.69 Å². The third kappa shape index (κ3) is 5.07. The Morgan fingerprint density at radius 1 is 1.13 bits per heavy atom. The fraction of sp³-hybridized carbons (Fsp3) is 0.308. The van der Waals surface area contributed by atoms with Crippen molar-refractivity contribution in [2.24, 2.45) is 5.10 Å². The van der Waals surface area contributed by atoms with E-state index in [-0.39, 0.29) is 11.7 Å². The molecular formula is C26H27N7O6. The first kappa shape index (κ1) is 26.3. The van der Waals surface area contributed by atoms with Crippen molar-refractivity contribution >= 4 is 23.4 Å². The lowest BCUT2D eigenvalue weighted by Gasteiger charge is -2.39. The molecule has 1 fully saturated rings. The maximum Gasteiger partial charge on any atom is 0.229 e. The molecular weight excluding hydrogens is 506 g/mol. The second kappa shape index (κ2) is 10.8. The summed E-state index contributed by atoms with van der Waals surface area (Å²) in [5, 5.41) is 64.6. The number of nitrogens with one attached hydrogen (secondary N) is 2. The fourth-order valence-electron chi connectivity index (χ4n) is 4.41. The van der Waals surface area contributed by atoms with Gasteiger partial charge >= 0.3 is 0 Å². The summed E-state index contributed by atoms with van der Waals surface area (Å²) in [7, 11) is 0. The number of aliphatic hydroxyl groups excluding tert-OH is 4. The number of rotatable bonds is 6. The first-order valence-corrected chi connectivity index (χ1v) is 12.1. The number of anilines is 3. The molecule has 5 rings (SSSR count). The first-order valence-electron chi connectivity index (χ1n) is 12.1. The normalized spacial score (nSPS) is 26.2. The summed E-state index contributed by atoms with van der Waals surface area (Å²) in [6, 6.07) is 15.8. The van der Waals surface area contributed by atoms with Gasteiger partial charge in [0, 0.05) is 5.69 Å². The lowest BCUT2D eigenvalue weighted by Crippen LogP contribution is -2.60. The van der Waals surface area contributed by atoms with E-state index >= 15 is 0 Å². The molecule has 6 unspecified atom stereocenters. The molecule has 0 radical (unpaired) electrons. The van der Waals surface area contributed by atoms with Gasteiger partial charge in [-0.15, -0.1) is 0 Å². The minimum Gasteiger partial charge on any atom is -0.462 e. The molecule has 13 nitrogen and oxygen atoms in total. The van der Waals surface area contributed by atoms with Crippen LogP contribution in [-0.4, -0.2) is 79.8 Å². The predicted octanol–water partition coefficient (Wildman–Crippen LogP) is 0.205. The minimum atomic E-state index is -1.53. The molecule has 3 aromatic rings. The van der Waals surface area contributed by atoms with E-state index in [1.54, 1.807) is 42.6 Å². The number of hydrogen-bond acceptors (Lipinski definition) is 12.